The van der Waals surface area contributed by atoms with E-state index in [1.165, 1.54) is 18.2 Å². The molecule has 0 aliphatic carbocycles. The zero-order chi connectivity index (χ0) is 13.1. The predicted octanol–water partition coefficient (Wildman–Crippen LogP) is 1.23. The predicted molar refractivity (Wildman–Crippen MR) is 68.8 cm³/mol. The molecule has 0 bridgehead atoms. The molecule has 5 heteroatoms. The van der Waals surface area contributed by atoms with E-state index in [1.54, 1.807) is 0 Å². The highest BCUT2D eigenvalue weighted by atomic mass is 19.1. The van der Waals surface area contributed by atoms with Gasteiger partial charge in [-0.15, -0.1) is 0 Å². The zero-order valence-corrected chi connectivity index (χ0v) is 10.4. The van der Waals surface area contributed by atoms with Crippen LogP contribution in [0.3, 0.4) is 0 Å². The second-order valence-corrected chi connectivity index (χ2v) is 4.81. The number of benzene rings is 1. The van der Waals surface area contributed by atoms with E-state index in [0.29, 0.717) is 5.69 Å². The summed E-state index contributed by atoms with van der Waals surface area (Å²) >= 11 is 0. The summed E-state index contributed by atoms with van der Waals surface area (Å²) in [5.41, 5.74) is 6.20. The van der Waals surface area contributed by atoms with Crippen molar-refractivity contribution in [2.45, 2.75) is 18.9 Å². The molecule has 0 saturated carbocycles. The van der Waals surface area contributed by atoms with E-state index in [4.69, 9.17) is 5.73 Å². The highest BCUT2D eigenvalue weighted by Crippen LogP contribution is 2.15. The van der Waals surface area contributed by atoms with E-state index in [1.807, 2.05) is 7.05 Å². The number of rotatable bonds is 2. The van der Waals surface area contributed by atoms with Crippen molar-refractivity contribution in [3.63, 3.8) is 0 Å². The first kappa shape index (κ1) is 12.8. The van der Waals surface area contributed by atoms with Crippen LogP contribution in [0.2, 0.25) is 0 Å². The molecule has 3 N–H and O–H groups in total. The molecule has 2 rings (SSSR count). The first-order valence-electron chi connectivity index (χ1n) is 6.10. The highest BCUT2D eigenvalue weighted by molar-refractivity contribution is 5.99. The Morgan fingerprint density at radius 2 is 2.33 bits per heavy atom. The van der Waals surface area contributed by atoms with Crippen molar-refractivity contribution in [3.05, 3.63) is 29.6 Å². The molecule has 1 atom stereocenters. The monoisotopic (exact) mass is 251 g/mol. The van der Waals surface area contributed by atoms with Gasteiger partial charge in [0.25, 0.3) is 5.91 Å². The molecular weight excluding hydrogens is 233 g/mol. The number of hydrogen-bond donors (Lipinski definition) is 2. The number of nitrogens with two attached hydrogens (primary N) is 1. The Hall–Kier alpha value is -1.62. The van der Waals surface area contributed by atoms with E-state index in [2.05, 4.69) is 10.2 Å². The lowest BCUT2D eigenvalue weighted by molar-refractivity contribution is 0.0913. The summed E-state index contributed by atoms with van der Waals surface area (Å²) < 4.78 is 13.1. The van der Waals surface area contributed by atoms with Crippen LogP contribution in [0.1, 0.15) is 23.2 Å². The van der Waals surface area contributed by atoms with Crippen LogP contribution in [0.15, 0.2) is 18.2 Å². The van der Waals surface area contributed by atoms with Gasteiger partial charge in [-0.1, -0.05) is 0 Å². The number of carbonyl (C=O) groups excluding carboxylic acids is 1. The average Bonchev–Trinajstić information content (AvgIpc) is 2.32. The Kier molecular flexibility index (Phi) is 3.81. The van der Waals surface area contributed by atoms with Crippen LogP contribution in [0.5, 0.6) is 0 Å². The number of amides is 1. The number of piperidine rings is 1. The van der Waals surface area contributed by atoms with Crippen molar-refractivity contribution in [3.8, 4) is 0 Å². The molecule has 1 aromatic carbocycles. The maximum Gasteiger partial charge on any atom is 0.253 e. The van der Waals surface area contributed by atoms with Crippen LogP contribution >= 0.6 is 0 Å². The first-order chi connectivity index (χ1) is 8.56. The Bertz CT molecular complexity index is 450. The number of anilines is 1. The maximum absolute atomic E-state index is 13.1. The van der Waals surface area contributed by atoms with Crippen molar-refractivity contribution in [1.29, 1.82) is 0 Å². The van der Waals surface area contributed by atoms with Crippen molar-refractivity contribution < 1.29 is 9.18 Å². The lowest BCUT2D eigenvalue weighted by atomic mass is 10.1. The van der Waals surface area contributed by atoms with Gasteiger partial charge in [0, 0.05) is 18.3 Å². The van der Waals surface area contributed by atoms with Gasteiger partial charge in [0.2, 0.25) is 0 Å². The summed E-state index contributed by atoms with van der Waals surface area (Å²) in [4.78, 5) is 14.2. The Morgan fingerprint density at radius 1 is 1.56 bits per heavy atom. The molecule has 0 aromatic heterocycles. The Morgan fingerprint density at radius 3 is 3.06 bits per heavy atom. The van der Waals surface area contributed by atoms with E-state index < -0.39 is 5.82 Å². The van der Waals surface area contributed by atoms with Gasteiger partial charge in [-0.2, -0.15) is 0 Å². The molecule has 0 radical (unpaired) electrons. The topological polar surface area (TPSA) is 58.4 Å². The number of nitrogens with zero attached hydrogens (tertiary/aromatic N) is 1. The Balaban J connectivity index is 2.05. The lowest BCUT2D eigenvalue weighted by Crippen LogP contribution is -2.46. The third kappa shape index (κ3) is 2.98. The lowest BCUT2D eigenvalue weighted by Gasteiger charge is -2.30. The molecule has 98 valence electrons. The molecule has 4 nitrogen and oxygen atoms in total. The smallest absolute Gasteiger partial charge is 0.253 e. The second kappa shape index (κ2) is 5.35. The summed E-state index contributed by atoms with van der Waals surface area (Å²) in [7, 11) is 2.02. The van der Waals surface area contributed by atoms with E-state index in [0.717, 1.165) is 25.9 Å². The SMILES string of the molecule is CN1CCCC(NC(=O)c2cc(F)ccc2N)C1. The number of carbonyl (C=O) groups is 1. The number of halogens is 1. The minimum atomic E-state index is -0.449. The molecule has 1 unspecified atom stereocenters. The quantitative estimate of drug-likeness (QED) is 0.777. The highest BCUT2D eigenvalue weighted by Gasteiger charge is 2.20. The molecule has 1 amide bonds. The van der Waals surface area contributed by atoms with Crippen LogP contribution in [0, 0.1) is 5.82 Å². The van der Waals surface area contributed by atoms with Crippen LogP contribution in [-0.4, -0.2) is 37.0 Å². The number of likely N-dealkylation sites (tertiary alicyclic amines) is 1. The number of hydrogen-bond acceptors (Lipinski definition) is 3. The molecule has 1 saturated heterocycles. The van der Waals surface area contributed by atoms with Gasteiger partial charge >= 0.3 is 0 Å². The fourth-order valence-electron chi connectivity index (χ4n) is 2.27. The minimum Gasteiger partial charge on any atom is -0.398 e. The van der Waals surface area contributed by atoms with Gasteiger partial charge in [-0.25, -0.2) is 4.39 Å². The normalized spacial score (nSPS) is 20.7. The maximum atomic E-state index is 13.1. The van der Waals surface area contributed by atoms with E-state index >= 15 is 0 Å². The molecule has 1 aliphatic rings. The number of nitrogens with one attached hydrogen (secondary N) is 1. The molecule has 1 heterocycles. The van der Waals surface area contributed by atoms with Crippen LogP contribution in [-0.2, 0) is 0 Å². The van der Waals surface area contributed by atoms with Crippen molar-refractivity contribution in [2.24, 2.45) is 0 Å². The third-order valence-corrected chi connectivity index (χ3v) is 3.22. The molecule has 0 spiro atoms. The summed E-state index contributed by atoms with van der Waals surface area (Å²) in [6.45, 7) is 1.87. The van der Waals surface area contributed by atoms with Crippen molar-refractivity contribution >= 4 is 11.6 Å². The summed E-state index contributed by atoms with van der Waals surface area (Å²) in [5.74, 6) is -0.748. The first-order valence-corrected chi connectivity index (χ1v) is 6.10. The average molecular weight is 251 g/mol. The molecule has 18 heavy (non-hydrogen) atoms. The van der Waals surface area contributed by atoms with E-state index in [9.17, 15) is 9.18 Å². The van der Waals surface area contributed by atoms with Crippen LogP contribution < -0.4 is 11.1 Å². The molecule has 1 fully saturated rings. The summed E-state index contributed by atoms with van der Waals surface area (Å²) in [5, 5.41) is 2.91. The van der Waals surface area contributed by atoms with Gasteiger partial charge < -0.3 is 16.0 Å². The summed E-state index contributed by atoms with van der Waals surface area (Å²) in [6, 6.07) is 3.95. The zero-order valence-electron chi connectivity index (χ0n) is 10.4. The van der Waals surface area contributed by atoms with Crippen molar-refractivity contribution in [2.75, 3.05) is 25.9 Å². The second-order valence-electron chi connectivity index (χ2n) is 4.81. The molecule has 1 aromatic rings. The molecule has 1 aliphatic heterocycles. The van der Waals surface area contributed by atoms with Crippen LogP contribution in [0.25, 0.3) is 0 Å². The van der Waals surface area contributed by atoms with Gasteiger partial charge in [-0.3, -0.25) is 4.79 Å². The van der Waals surface area contributed by atoms with Gasteiger partial charge in [-0.05, 0) is 44.6 Å². The van der Waals surface area contributed by atoms with E-state index in [-0.39, 0.29) is 17.5 Å². The third-order valence-electron chi connectivity index (χ3n) is 3.22. The van der Waals surface area contributed by atoms with Crippen molar-refractivity contribution in [1.82, 2.24) is 10.2 Å². The van der Waals surface area contributed by atoms with Gasteiger partial charge in [0.05, 0.1) is 5.56 Å². The fraction of sp³-hybridized carbons (Fsp3) is 0.462. The minimum absolute atomic E-state index is 0.110. The summed E-state index contributed by atoms with van der Waals surface area (Å²) in [6.07, 6.45) is 2.01. The standard InChI is InChI=1S/C13H18FN3O/c1-17-6-2-3-10(8-17)16-13(18)11-7-9(14)4-5-12(11)15/h4-5,7,10H,2-3,6,8,15H2,1H3,(H,16,18). The number of nitrogen functional groups attached to an aromatic ring is 1. The van der Waals surface area contributed by atoms with Gasteiger partial charge in [0.15, 0.2) is 0 Å². The largest absolute Gasteiger partial charge is 0.398 e. The Labute approximate surface area is 106 Å². The van der Waals surface area contributed by atoms with Gasteiger partial charge in [0.1, 0.15) is 5.82 Å². The fourth-order valence-corrected chi connectivity index (χ4v) is 2.27. The molecular formula is C13H18FN3O. The number of likely N-dealkylation sites (N-methyl/N-ethyl adjacent to an activating group) is 1. The van der Waals surface area contributed by atoms with Crippen LogP contribution in [0.4, 0.5) is 10.1 Å².